The van der Waals surface area contributed by atoms with Crippen LogP contribution in [-0.4, -0.2) is 53.9 Å². The van der Waals surface area contributed by atoms with E-state index in [0.29, 0.717) is 11.4 Å². The average Bonchev–Trinajstić information content (AvgIpc) is 2.83. The summed E-state index contributed by atoms with van der Waals surface area (Å²) in [7, 11) is 0. The predicted octanol–water partition coefficient (Wildman–Crippen LogP) is 1.14. The maximum atomic E-state index is 13.1. The fourth-order valence-electron chi connectivity index (χ4n) is 3.38. The normalized spacial score (nSPS) is 17.0. The molecule has 34 heavy (non-hydrogen) atoms. The summed E-state index contributed by atoms with van der Waals surface area (Å²) >= 11 is 0. The molecule has 2 aromatic rings. The van der Waals surface area contributed by atoms with E-state index in [1.54, 1.807) is 32.2 Å². The minimum Gasteiger partial charge on any atom is -0.476 e. The maximum absolute atomic E-state index is 13.1. The van der Waals surface area contributed by atoms with Crippen LogP contribution in [0.4, 0.5) is 4.79 Å². The van der Waals surface area contributed by atoms with E-state index >= 15 is 0 Å². The van der Waals surface area contributed by atoms with Crippen LogP contribution in [0.1, 0.15) is 25.0 Å². The van der Waals surface area contributed by atoms with E-state index in [2.05, 4.69) is 20.9 Å². The Kier molecular flexibility index (Phi) is 8.55. The minimum absolute atomic E-state index is 0.00440. The molecule has 0 spiro atoms. The lowest BCUT2D eigenvalue weighted by molar-refractivity contribution is -0.140. The van der Waals surface area contributed by atoms with E-state index in [0.717, 1.165) is 5.56 Å². The first-order valence-electron chi connectivity index (χ1n) is 11.0. The number of pyridine rings is 1. The second kappa shape index (κ2) is 11.8. The molecule has 180 valence electrons. The van der Waals surface area contributed by atoms with E-state index in [-0.39, 0.29) is 32.1 Å². The first-order chi connectivity index (χ1) is 16.3. The standard InChI is InChI=1S/C24H28N4O6/c1-15(2)19(28-24(32)34-14-16-7-4-3-5-8-16)21(30)27-18-13-17-9-6-10-26-23(17)33-12-11-25-22(31)20(18)29/h3-10,15,18-19H,11-14H2,1-2H3,(H,25,31)(H,27,30)(H,28,32). The largest absolute Gasteiger partial charge is 0.476 e. The number of ketones is 1. The monoisotopic (exact) mass is 468 g/mol. The molecular formula is C24H28N4O6. The molecule has 2 unspecified atom stereocenters. The topological polar surface area (TPSA) is 136 Å². The molecule has 3 N–H and O–H groups in total. The van der Waals surface area contributed by atoms with Gasteiger partial charge in [0.1, 0.15) is 25.3 Å². The molecule has 1 aromatic carbocycles. The van der Waals surface area contributed by atoms with Gasteiger partial charge in [-0.05, 0) is 17.5 Å². The number of ether oxygens (including phenoxy) is 2. The molecule has 10 nitrogen and oxygen atoms in total. The van der Waals surface area contributed by atoms with E-state index in [1.165, 1.54) is 0 Å². The maximum Gasteiger partial charge on any atom is 0.408 e. The number of nitrogens with one attached hydrogen (secondary N) is 3. The first kappa shape index (κ1) is 24.7. The van der Waals surface area contributed by atoms with E-state index in [9.17, 15) is 19.2 Å². The highest BCUT2D eigenvalue weighted by Gasteiger charge is 2.33. The Morgan fingerprint density at radius 2 is 1.94 bits per heavy atom. The van der Waals surface area contributed by atoms with Crippen LogP contribution in [0.15, 0.2) is 48.7 Å². The summed E-state index contributed by atoms with van der Waals surface area (Å²) in [5.41, 5.74) is 1.38. The predicted molar refractivity (Wildman–Crippen MR) is 122 cm³/mol. The fourth-order valence-corrected chi connectivity index (χ4v) is 3.38. The Morgan fingerprint density at radius 3 is 2.68 bits per heavy atom. The van der Waals surface area contributed by atoms with Gasteiger partial charge >= 0.3 is 6.09 Å². The summed E-state index contributed by atoms with van der Waals surface area (Å²) in [5.74, 6) is -2.21. The van der Waals surface area contributed by atoms with Crippen molar-refractivity contribution in [1.29, 1.82) is 0 Å². The average molecular weight is 469 g/mol. The van der Waals surface area contributed by atoms with Crippen molar-refractivity contribution in [3.8, 4) is 5.88 Å². The zero-order valence-corrected chi connectivity index (χ0v) is 19.1. The lowest BCUT2D eigenvalue weighted by Gasteiger charge is -2.25. The summed E-state index contributed by atoms with van der Waals surface area (Å²) in [5, 5.41) is 7.63. The van der Waals surface area contributed by atoms with Crippen molar-refractivity contribution in [1.82, 2.24) is 20.9 Å². The molecule has 0 fully saturated rings. The van der Waals surface area contributed by atoms with Gasteiger partial charge in [-0.3, -0.25) is 14.4 Å². The lowest BCUT2D eigenvalue weighted by Crippen LogP contribution is -2.56. The Balaban J connectivity index is 1.70. The second-order valence-corrected chi connectivity index (χ2v) is 8.13. The number of amides is 3. The summed E-state index contributed by atoms with van der Waals surface area (Å²) in [6, 6.07) is 10.4. The van der Waals surface area contributed by atoms with Gasteiger partial charge in [0.15, 0.2) is 0 Å². The van der Waals surface area contributed by atoms with Crippen LogP contribution >= 0.6 is 0 Å². The smallest absolute Gasteiger partial charge is 0.408 e. The van der Waals surface area contributed by atoms with Crippen molar-refractivity contribution in [2.45, 2.75) is 39.0 Å². The first-order valence-corrected chi connectivity index (χ1v) is 11.0. The molecule has 0 radical (unpaired) electrons. The molecule has 2 heterocycles. The molecule has 1 aromatic heterocycles. The van der Waals surface area contributed by atoms with Crippen LogP contribution in [0.2, 0.25) is 0 Å². The van der Waals surface area contributed by atoms with E-state index in [4.69, 9.17) is 9.47 Å². The number of hydrogen-bond acceptors (Lipinski definition) is 7. The Bertz CT molecular complexity index is 1030. The summed E-state index contributed by atoms with van der Waals surface area (Å²) < 4.78 is 10.8. The van der Waals surface area contributed by atoms with Gasteiger partial charge in [-0.2, -0.15) is 0 Å². The van der Waals surface area contributed by atoms with Crippen LogP contribution < -0.4 is 20.7 Å². The number of hydrogen-bond donors (Lipinski definition) is 3. The van der Waals surface area contributed by atoms with Gasteiger partial charge in [0.05, 0.1) is 6.54 Å². The van der Waals surface area contributed by atoms with Crippen molar-refractivity contribution in [3.63, 3.8) is 0 Å². The highest BCUT2D eigenvalue weighted by atomic mass is 16.5. The quantitative estimate of drug-likeness (QED) is 0.541. The molecule has 3 rings (SSSR count). The van der Waals surface area contributed by atoms with Crippen molar-refractivity contribution in [3.05, 3.63) is 59.8 Å². The Hall–Kier alpha value is -3.95. The van der Waals surface area contributed by atoms with Crippen molar-refractivity contribution >= 4 is 23.7 Å². The molecule has 1 aliphatic heterocycles. The number of nitrogens with zero attached hydrogens (tertiary/aromatic N) is 1. The Labute approximate surface area is 197 Å². The van der Waals surface area contributed by atoms with Gasteiger partial charge in [0.25, 0.3) is 5.91 Å². The third kappa shape index (κ3) is 6.77. The highest BCUT2D eigenvalue weighted by Crippen LogP contribution is 2.18. The number of Topliss-reactive ketones (excluding diaryl/α,β-unsaturated/α-hetero) is 1. The number of rotatable bonds is 6. The molecule has 0 bridgehead atoms. The van der Waals surface area contributed by atoms with Crippen molar-refractivity contribution < 1.29 is 28.7 Å². The number of aromatic nitrogens is 1. The van der Waals surface area contributed by atoms with Crippen LogP contribution in [0.25, 0.3) is 0 Å². The van der Waals surface area contributed by atoms with Gasteiger partial charge in [-0.1, -0.05) is 50.2 Å². The van der Waals surface area contributed by atoms with Crippen molar-refractivity contribution in [2.24, 2.45) is 5.92 Å². The van der Waals surface area contributed by atoms with Crippen LogP contribution in [0.5, 0.6) is 5.88 Å². The summed E-state index contributed by atoms with van der Waals surface area (Å²) in [6.07, 6.45) is 0.790. The van der Waals surface area contributed by atoms with Gasteiger partial charge in [0.2, 0.25) is 17.6 Å². The molecule has 0 saturated carbocycles. The van der Waals surface area contributed by atoms with Gasteiger partial charge < -0.3 is 25.4 Å². The third-order valence-corrected chi connectivity index (χ3v) is 5.19. The van der Waals surface area contributed by atoms with Crippen LogP contribution in [0.3, 0.4) is 0 Å². The van der Waals surface area contributed by atoms with E-state index in [1.807, 2.05) is 30.3 Å². The summed E-state index contributed by atoms with van der Waals surface area (Å²) in [6.45, 7) is 3.81. The molecule has 3 amide bonds. The minimum atomic E-state index is -1.17. The Morgan fingerprint density at radius 1 is 1.18 bits per heavy atom. The third-order valence-electron chi connectivity index (χ3n) is 5.19. The molecular weight excluding hydrogens is 440 g/mol. The van der Waals surface area contributed by atoms with Crippen LogP contribution in [0, 0.1) is 5.92 Å². The van der Waals surface area contributed by atoms with Gasteiger partial charge in [0, 0.05) is 18.2 Å². The SMILES string of the molecule is CC(C)C(NC(=O)OCc1ccccc1)C(=O)NC1Cc2cccnc2OCCNC(=O)C1=O. The molecule has 0 saturated heterocycles. The van der Waals surface area contributed by atoms with Crippen LogP contribution in [-0.2, 0) is 32.1 Å². The zero-order chi connectivity index (χ0) is 24.5. The van der Waals surface area contributed by atoms with Crippen molar-refractivity contribution in [2.75, 3.05) is 13.2 Å². The molecule has 0 aliphatic carbocycles. The highest BCUT2D eigenvalue weighted by molar-refractivity contribution is 6.38. The number of carbonyl (C=O) groups is 4. The number of fused-ring (bicyclic) bond motifs is 1. The van der Waals surface area contributed by atoms with Gasteiger partial charge in [-0.15, -0.1) is 0 Å². The molecule has 10 heteroatoms. The fraction of sp³-hybridized carbons (Fsp3) is 0.375. The summed E-state index contributed by atoms with van der Waals surface area (Å²) in [4.78, 5) is 54.6. The molecule has 1 aliphatic rings. The number of carbonyl (C=O) groups excluding carboxylic acids is 4. The molecule has 2 atom stereocenters. The number of alkyl carbamates (subject to hydrolysis) is 1. The van der Waals surface area contributed by atoms with Gasteiger partial charge in [-0.25, -0.2) is 9.78 Å². The second-order valence-electron chi connectivity index (χ2n) is 8.13. The lowest BCUT2D eigenvalue weighted by atomic mass is 9.99. The number of benzene rings is 1. The zero-order valence-electron chi connectivity index (χ0n) is 19.1. The van der Waals surface area contributed by atoms with E-state index < -0.39 is 35.8 Å².